The van der Waals surface area contributed by atoms with Gasteiger partial charge >= 0.3 is 0 Å². The zero-order valence-electron chi connectivity index (χ0n) is 16.0. The van der Waals surface area contributed by atoms with Crippen molar-refractivity contribution in [1.82, 2.24) is 10.3 Å². The van der Waals surface area contributed by atoms with Gasteiger partial charge in [0.2, 0.25) is 0 Å². The van der Waals surface area contributed by atoms with Crippen LogP contribution in [0.1, 0.15) is 39.7 Å². The number of nitrogens with zero attached hydrogens (tertiary/aromatic N) is 1. The van der Waals surface area contributed by atoms with Crippen molar-refractivity contribution in [1.29, 1.82) is 0 Å². The molecule has 0 aliphatic rings. The molecular formula is C22H22N2O4. The van der Waals surface area contributed by atoms with E-state index in [4.69, 9.17) is 4.42 Å². The number of allylic oxidation sites excluding steroid dienone is 1. The Hall–Kier alpha value is -3.54. The Labute approximate surface area is 163 Å². The minimum Gasteiger partial charge on any atom is -0.507 e. The number of amides is 1. The highest BCUT2D eigenvalue weighted by Gasteiger charge is 2.23. The molecule has 6 nitrogen and oxygen atoms in total. The van der Waals surface area contributed by atoms with Crippen LogP contribution in [-0.4, -0.2) is 21.1 Å². The maximum absolute atomic E-state index is 12.7. The van der Waals surface area contributed by atoms with Gasteiger partial charge in [0.1, 0.15) is 17.3 Å². The van der Waals surface area contributed by atoms with Gasteiger partial charge in [-0.3, -0.25) is 4.79 Å². The first-order valence-electron chi connectivity index (χ1n) is 8.77. The van der Waals surface area contributed by atoms with Crippen molar-refractivity contribution in [2.45, 2.75) is 27.3 Å². The third-order valence-corrected chi connectivity index (χ3v) is 4.52. The molecule has 0 bridgehead atoms. The van der Waals surface area contributed by atoms with Gasteiger partial charge in [-0.2, -0.15) is 0 Å². The number of benzene rings is 2. The highest BCUT2D eigenvalue weighted by molar-refractivity contribution is 6.02. The summed E-state index contributed by atoms with van der Waals surface area (Å²) in [5, 5.41) is 24.2. The third-order valence-electron chi connectivity index (χ3n) is 4.52. The summed E-state index contributed by atoms with van der Waals surface area (Å²) in [5.74, 6) is -0.361. The largest absolute Gasteiger partial charge is 0.507 e. The van der Waals surface area contributed by atoms with E-state index in [1.165, 1.54) is 18.7 Å². The predicted molar refractivity (Wildman–Crippen MR) is 107 cm³/mol. The van der Waals surface area contributed by atoms with Crippen LogP contribution in [-0.2, 0) is 6.54 Å². The zero-order valence-corrected chi connectivity index (χ0v) is 16.0. The second-order valence-electron chi connectivity index (χ2n) is 6.79. The van der Waals surface area contributed by atoms with Gasteiger partial charge in [-0.1, -0.05) is 35.9 Å². The van der Waals surface area contributed by atoms with E-state index in [1.54, 1.807) is 6.92 Å². The highest BCUT2D eigenvalue weighted by atomic mass is 16.3. The Morgan fingerprint density at radius 2 is 2.00 bits per heavy atom. The number of phenolic OH excluding ortho intramolecular Hbond substituents is 2. The van der Waals surface area contributed by atoms with Gasteiger partial charge < -0.3 is 19.9 Å². The molecule has 3 N–H and O–H groups in total. The number of aromatic hydroxyl groups is 2. The number of nitrogens with one attached hydrogen (secondary N) is 1. The Kier molecular flexibility index (Phi) is 5.22. The Morgan fingerprint density at radius 1 is 1.25 bits per heavy atom. The molecule has 3 rings (SSSR count). The molecule has 0 fully saturated rings. The minimum absolute atomic E-state index is 0.0986. The molecule has 0 atom stereocenters. The summed E-state index contributed by atoms with van der Waals surface area (Å²) in [6.07, 6.45) is 2.78. The van der Waals surface area contributed by atoms with Crippen molar-refractivity contribution in [2.75, 3.05) is 0 Å². The lowest BCUT2D eigenvalue weighted by Gasteiger charge is -2.17. The number of carbonyl (C=O) groups is 1. The van der Waals surface area contributed by atoms with E-state index in [9.17, 15) is 15.0 Å². The van der Waals surface area contributed by atoms with Crippen molar-refractivity contribution >= 4 is 11.5 Å². The molecule has 0 aliphatic heterocycles. The number of aryl methyl sites for hydroxylation is 2. The predicted octanol–water partition coefficient (Wildman–Crippen LogP) is 4.33. The summed E-state index contributed by atoms with van der Waals surface area (Å²) in [6.45, 7) is 9.53. The lowest BCUT2D eigenvalue weighted by molar-refractivity contribution is 0.0945. The van der Waals surface area contributed by atoms with Gasteiger partial charge in [0.15, 0.2) is 6.39 Å². The average Bonchev–Trinajstić information content (AvgIpc) is 3.13. The van der Waals surface area contributed by atoms with Gasteiger partial charge in [0, 0.05) is 0 Å². The fraction of sp³-hybridized carbons (Fsp3) is 0.182. The molecule has 6 heteroatoms. The molecule has 0 aliphatic carbocycles. The van der Waals surface area contributed by atoms with E-state index in [1.807, 2.05) is 32.0 Å². The van der Waals surface area contributed by atoms with Gasteiger partial charge in [-0.25, -0.2) is 4.98 Å². The van der Waals surface area contributed by atoms with Crippen LogP contribution in [0, 0.1) is 13.8 Å². The molecular weight excluding hydrogens is 356 g/mol. The van der Waals surface area contributed by atoms with Gasteiger partial charge in [-0.15, -0.1) is 0 Å². The zero-order chi connectivity index (χ0) is 20.4. The molecule has 0 radical (unpaired) electrons. The number of carbonyl (C=O) groups excluding carboxylic acids is 1. The van der Waals surface area contributed by atoms with Crippen LogP contribution in [0.4, 0.5) is 0 Å². The second-order valence-corrected chi connectivity index (χ2v) is 6.79. The first-order chi connectivity index (χ1) is 13.3. The van der Waals surface area contributed by atoms with Crippen LogP contribution in [0.15, 0.2) is 47.9 Å². The summed E-state index contributed by atoms with van der Waals surface area (Å²) in [5.41, 5.74) is 3.90. The minimum atomic E-state index is -0.475. The van der Waals surface area contributed by atoms with Crippen LogP contribution in [0.5, 0.6) is 11.5 Å². The maximum atomic E-state index is 12.7. The van der Waals surface area contributed by atoms with Crippen molar-refractivity contribution in [3.63, 3.8) is 0 Å². The fourth-order valence-electron chi connectivity index (χ4n) is 3.16. The van der Waals surface area contributed by atoms with Crippen LogP contribution in [0.2, 0.25) is 0 Å². The topological polar surface area (TPSA) is 95.6 Å². The van der Waals surface area contributed by atoms with Crippen LogP contribution in [0.3, 0.4) is 0 Å². The number of oxazole rings is 1. The molecule has 2 aromatic carbocycles. The smallest absolute Gasteiger partial charge is 0.255 e. The summed E-state index contributed by atoms with van der Waals surface area (Å²) in [4.78, 5) is 16.5. The second kappa shape index (κ2) is 7.60. The molecule has 28 heavy (non-hydrogen) atoms. The van der Waals surface area contributed by atoms with E-state index < -0.39 is 5.91 Å². The summed E-state index contributed by atoms with van der Waals surface area (Å²) in [6, 6.07) is 7.14. The van der Waals surface area contributed by atoms with Crippen molar-refractivity contribution in [2.24, 2.45) is 0 Å². The summed E-state index contributed by atoms with van der Waals surface area (Å²) in [7, 11) is 0. The number of hydrogen-bond donors (Lipinski definition) is 3. The van der Waals surface area contributed by atoms with E-state index in [0.29, 0.717) is 16.9 Å². The Morgan fingerprint density at radius 3 is 2.64 bits per heavy atom. The van der Waals surface area contributed by atoms with Crippen LogP contribution < -0.4 is 5.32 Å². The Balaban J connectivity index is 2.09. The van der Waals surface area contributed by atoms with Crippen molar-refractivity contribution in [3.8, 4) is 22.6 Å². The molecule has 1 heterocycles. The number of phenols is 2. The van der Waals surface area contributed by atoms with E-state index in [-0.39, 0.29) is 29.2 Å². The SMILES string of the molecule is C=C(C)c1ccc(C)cc1-c1c(O)cc(C)c(C(=O)NCc2cnco2)c1O. The van der Waals surface area contributed by atoms with Crippen molar-refractivity contribution in [3.05, 3.63) is 71.4 Å². The first kappa shape index (κ1) is 19.2. The molecule has 0 unspecified atom stereocenters. The molecule has 0 spiro atoms. The van der Waals surface area contributed by atoms with Crippen LogP contribution in [0.25, 0.3) is 16.7 Å². The molecule has 0 saturated heterocycles. The van der Waals surface area contributed by atoms with Crippen molar-refractivity contribution < 1.29 is 19.4 Å². The monoisotopic (exact) mass is 378 g/mol. The standard InChI is InChI=1S/C22H22N2O4/c1-12(2)16-6-5-13(3)7-17(16)20-18(25)8-14(4)19(21(20)26)22(27)24-10-15-9-23-11-28-15/h5-9,11,25-26H,1,10H2,2-4H3,(H,24,27). The number of hydrogen-bond acceptors (Lipinski definition) is 5. The third kappa shape index (κ3) is 3.62. The summed E-state index contributed by atoms with van der Waals surface area (Å²) < 4.78 is 5.11. The van der Waals surface area contributed by atoms with E-state index in [2.05, 4.69) is 16.9 Å². The average molecular weight is 378 g/mol. The molecule has 1 amide bonds. The Bertz CT molecular complexity index is 1050. The molecule has 144 valence electrons. The summed E-state index contributed by atoms with van der Waals surface area (Å²) >= 11 is 0. The van der Waals surface area contributed by atoms with Crippen LogP contribution >= 0.6 is 0 Å². The quantitative estimate of drug-likeness (QED) is 0.614. The van der Waals surface area contributed by atoms with E-state index in [0.717, 1.165) is 16.7 Å². The molecule has 0 saturated carbocycles. The van der Waals surface area contributed by atoms with E-state index >= 15 is 0 Å². The normalized spacial score (nSPS) is 10.7. The molecule has 1 aromatic heterocycles. The van der Waals surface area contributed by atoms with Gasteiger partial charge in [-0.05, 0) is 43.5 Å². The molecule has 3 aromatic rings. The number of rotatable bonds is 5. The van der Waals surface area contributed by atoms with Gasteiger partial charge in [0.25, 0.3) is 5.91 Å². The highest BCUT2D eigenvalue weighted by Crippen LogP contribution is 2.44. The lowest BCUT2D eigenvalue weighted by Crippen LogP contribution is -2.23. The lowest BCUT2D eigenvalue weighted by atomic mass is 9.90. The van der Waals surface area contributed by atoms with Gasteiger partial charge in [0.05, 0.1) is 23.9 Å². The first-order valence-corrected chi connectivity index (χ1v) is 8.77. The number of aromatic nitrogens is 1. The fourth-order valence-corrected chi connectivity index (χ4v) is 3.16. The maximum Gasteiger partial charge on any atom is 0.255 e.